The van der Waals surface area contributed by atoms with E-state index in [0.717, 1.165) is 27.8 Å². The van der Waals surface area contributed by atoms with Crippen LogP contribution in [0.15, 0.2) is 79.1 Å². The van der Waals surface area contributed by atoms with Crippen molar-refractivity contribution in [1.29, 1.82) is 0 Å². The molecule has 5 rings (SSSR count). The highest BCUT2D eigenvalue weighted by Crippen LogP contribution is 2.23. The molecule has 156 valence electrons. The van der Waals surface area contributed by atoms with Crippen molar-refractivity contribution in [2.75, 3.05) is 12.4 Å². The van der Waals surface area contributed by atoms with Crippen molar-refractivity contribution in [3.05, 3.63) is 84.7 Å². The Morgan fingerprint density at radius 2 is 1.78 bits per heavy atom. The van der Waals surface area contributed by atoms with Crippen LogP contribution in [0.1, 0.15) is 10.4 Å². The summed E-state index contributed by atoms with van der Waals surface area (Å²) < 4.78 is 5.19. The molecule has 0 aliphatic carbocycles. The summed E-state index contributed by atoms with van der Waals surface area (Å²) in [7, 11) is 1.62. The second kappa shape index (κ2) is 8.27. The number of H-pyrrole nitrogens is 1. The van der Waals surface area contributed by atoms with Crippen LogP contribution in [0, 0.1) is 0 Å². The molecule has 2 aromatic carbocycles. The number of methoxy groups -OCH3 is 1. The zero-order chi connectivity index (χ0) is 21.9. The van der Waals surface area contributed by atoms with Gasteiger partial charge in [0, 0.05) is 23.3 Å². The van der Waals surface area contributed by atoms with Crippen molar-refractivity contribution in [3.8, 4) is 28.4 Å². The number of pyridine rings is 2. The number of benzene rings is 2. The quantitative estimate of drug-likeness (QED) is 0.436. The van der Waals surface area contributed by atoms with Crippen LogP contribution in [0.25, 0.3) is 33.5 Å². The largest absolute Gasteiger partial charge is 0.497 e. The summed E-state index contributed by atoms with van der Waals surface area (Å²) in [5, 5.41) is 10.7. The van der Waals surface area contributed by atoms with Crippen LogP contribution in [0.4, 0.5) is 5.95 Å². The Kier molecular flexibility index (Phi) is 5.01. The normalized spacial score (nSPS) is 10.8. The number of rotatable bonds is 5. The molecule has 0 bridgehead atoms. The molecule has 0 saturated carbocycles. The Labute approximate surface area is 183 Å². The van der Waals surface area contributed by atoms with E-state index in [1.165, 1.54) is 6.20 Å². The molecule has 8 nitrogen and oxygen atoms in total. The molecule has 8 heteroatoms. The van der Waals surface area contributed by atoms with Crippen LogP contribution in [0.5, 0.6) is 5.75 Å². The first kappa shape index (κ1) is 19.4. The predicted octanol–water partition coefficient (Wildman–Crippen LogP) is 4.34. The number of aromatic nitrogens is 5. The molecule has 0 unspecified atom stereocenters. The number of nitrogens with zero attached hydrogens (tertiary/aromatic N) is 4. The zero-order valence-corrected chi connectivity index (χ0v) is 17.1. The van der Waals surface area contributed by atoms with E-state index in [1.807, 2.05) is 60.7 Å². The lowest BCUT2D eigenvalue weighted by atomic mass is 10.1. The van der Waals surface area contributed by atoms with Crippen LogP contribution in [0.3, 0.4) is 0 Å². The van der Waals surface area contributed by atoms with Crippen molar-refractivity contribution in [2.24, 2.45) is 0 Å². The third kappa shape index (κ3) is 3.89. The van der Waals surface area contributed by atoms with Crippen molar-refractivity contribution < 1.29 is 9.53 Å². The number of amides is 1. The topological polar surface area (TPSA) is 106 Å². The summed E-state index contributed by atoms with van der Waals surface area (Å²) in [6.45, 7) is 0. The first-order valence-electron chi connectivity index (χ1n) is 9.89. The number of nitrogens with one attached hydrogen (secondary N) is 2. The lowest BCUT2D eigenvalue weighted by Crippen LogP contribution is -2.13. The van der Waals surface area contributed by atoms with Gasteiger partial charge in [-0.25, -0.2) is 4.98 Å². The van der Waals surface area contributed by atoms with Gasteiger partial charge in [-0.1, -0.05) is 36.4 Å². The Balaban J connectivity index is 1.34. The van der Waals surface area contributed by atoms with Crippen LogP contribution < -0.4 is 10.1 Å². The predicted molar refractivity (Wildman–Crippen MR) is 121 cm³/mol. The van der Waals surface area contributed by atoms with Gasteiger partial charge in [0.25, 0.3) is 5.91 Å². The molecule has 1 amide bonds. The fraction of sp³-hybridized carbons (Fsp3) is 0.0417. The maximum absolute atomic E-state index is 12.7. The van der Waals surface area contributed by atoms with Gasteiger partial charge in [-0.2, -0.15) is 4.98 Å². The third-order valence-corrected chi connectivity index (χ3v) is 4.98. The van der Waals surface area contributed by atoms with Gasteiger partial charge in [0.15, 0.2) is 5.82 Å². The summed E-state index contributed by atoms with van der Waals surface area (Å²) in [5.41, 5.74) is 3.63. The van der Waals surface area contributed by atoms with Gasteiger partial charge in [-0.15, -0.1) is 5.10 Å². The van der Waals surface area contributed by atoms with E-state index in [2.05, 4.69) is 30.5 Å². The van der Waals surface area contributed by atoms with E-state index in [0.29, 0.717) is 17.1 Å². The van der Waals surface area contributed by atoms with Gasteiger partial charge in [0.2, 0.25) is 5.95 Å². The second-order valence-corrected chi connectivity index (χ2v) is 7.04. The molecular formula is C24H18N6O2. The van der Waals surface area contributed by atoms with E-state index in [1.54, 1.807) is 19.4 Å². The number of hydrogen-bond acceptors (Lipinski definition) is 6. The van der Waals surface area contributed by atoms with Gasteiger partial charge in [-0.05, 0) is 35.9 Å². The highest BCUT2D eigenvalue weighted by atomic mass is 16.5. The molecule has 0 radical (unpaired) electrons. The minimum Gasteiger partial charge on any atom is -0.497 e. The second-order valence-electron chi connectivity index (χ2n) is 7.04. The molecule has 0 spiro atoms. The SMILES string of the molecule is COc1ccc(-c2cncc(C(=O)Nc3n[nH]c(-c4ccc5ccccc5n4)n3)c2)cc1. The van der Waals surface area contributed by atoms with E-state index in [9.17, 15) is 4.79 Å². The first-order chi connectivity index (χ1) is 15.7. The van der Waals surface area contributed by atoms with Crippen molar-refractivity contribution >= 4 is 22.8 Å². The standard InChI is InChI=1S/C24H18N6O2/c1-32-19-9-6-15(7-10-19)17-12-18(14-25-13-17)23(31)28-24-27-22(29-30-24)21-11-8-16-4-2-3-5-20(16)26-21/h2-14H,1H3,(H2,27,28,29,30,31). The van der Waals surface area contributed by atoms with E-state index < -0.39 is 0 Å². The van der Waals surface area contributed by atoms with Crippen molar-refractivity contribution in [3.63, 3.8) is 0 Å². The number of anilines is 1. The summed E-state index contributed by atoms with van der Waals surface area (Å²) in [6, 6.07) is 21.0. The minimum absolute atomic E-state index is 0.162. The number of aromatic amines is 1. The molecule has 5 aromatic rings. The molecule has 0 aliphatic rings. The van der Waals surface area contributed by atoms with Gasteiger partial charge < -0.3 is 4.74 Å². The first-order valence-corrected chi connectivity index (χ1v) is 9.89. The van der Waals surface area contributed by atoms with E-state index in [-0.39, 0.29) is 11.9 Å². The Hall–Kier alpha value is -4.59. The van der Waals surface area contributed by atoms with Gasteiger partial charge >= 0.3 is 0 Å². The van der Waals surface area contributed by atoms with E-state index in [4.69, 9.17) is 4.74 Å². The molecular weight excluding hydrogens is 404 g/mol. The number of para-hydroxylation sites is 1. The molecule has 0 saturated heterocycles. The van der Waals surface area contributed by atoms with Crippen molar-refractivity contribution in [1.82, 2.24) is 25.1 Å². The third-order valence-electron chi connectivity index (χ3n) is 4.98. The van der Waals surface area contributed by atoms with Crippen LogP contribution in [-0.4, -0.2) is 38.2 Å². The minimum atomic E-state index is -0.357. The Bertz CT molecular complexity index is 1410. The summed E-state index contributed by atoms with van der Waals surface area (Å²) in [6.07, 6.45) is 3.20. The molecule has 0 atom stereocenters. The van der Waals surface area contributed by atoms with Gasteiger partial charge in [-0.3, -0.25) is 20.2 Å². The number of hydrogen-bond donors (Lipinski definition) is 2. The number of ether oxygens (including phenoxy) is 1. The monoisotopic (exact) mass is 422 g/mol. The Morgan fingerprint density at radius 1 is 0.938 bits per heavy atom. The maximum Gasteiger partial charge on any atom is 0.259 e. The van der Waals surface area contributed by atoms with Crippen LogP contribution in [0.2, 0.25) is 0 Å². The fourth-order valence-corrected chi connectivity index (χ4v) is 3.31. The molecule has 3 aromatic heterocycles. The summed E-state index contributed by atoms with van der Waals surface area (Å²) in [4.78, 5) is 25.9. The molecule has 2 N–H and O–H groups in total. The lowest BCUT2D eigenvalue weighted by molar-refractivity contribution is 0.102. The van der Waals surface area contributed by atoms with Gasteiger partial charge in [0.05, 0.1) is 18.2 Å². The molecule has 3 heterocycles. The fourth-order valence-electron chi connectivity index (χ4n) is 3.31. The maximum atomic E-state index is 12.7. The van der Waals surface area contributed by atoms with E-state index >= 15 is 0 Å². The Morgan fingerprint density at radius 3 is 2.62 bits per heavy atom. The number of fused-ring (bicyclic) bond motifs is 1. The zero-order valence-electron chi connectivity index (χ0n) is 17.1. The highest BCUT2D eigenvalue weighted by Gasteiger charge is 2.13. The highest BCUT2D eigenvalue weighted by molar-refractivity contribution is 6.03. The smallest absolute Gasteiger partial charge is 0.259 e. The van der Waals surface area contributed by atoms with Crippen LogP contribution >= 0.6 is 0 Å². The molecule has 32 heavy (non-hydrogen) atoms. The molecule has 0 aliphatic heterocycles. The van der Waals surface area contributed by atoms with Gasteiger partial charge in [0.1, 0.15) is 11.4 Å². The number of carbonyl (C=O) groups is 1. The average Bonchev–Trinajstić information content (AvgIpc) is 3.32. The summed E-state index contributed by atoms with van der Waals surface area (Å²) >= 11 is 0. The van der Waals surface area contributed by atoms with Crippen LogP contribution in [-0.2, 0) is 0 Å². The average molecular weight is 422 g/mol. The summed E-state index contributed by atoms with van der Waals surface area (Å²) in [5.74, 6) is 1.03. The number of carbonyl (C=O) groups excluding carboxylic acids is 1. The lowest BCUT2D eigenvalue weighted by Gasteiger charge is -2.06. The molecule has 0 fully saturated rings. The van der Waals surface area contributed by atoms with Crippen molar-refractivity contribution in [2.45, 2.75) is 0 Å².